The van der Waals surface area contributed by atoms with Crippen LogP contribution in [0.3, 0.4) is 0 Å². The van der Waals surface area contributed by atoms with Crippen molar-refractivity contribution in [3.05, 3.63) is 24.0 Å². The molecule has 0 saturated heterocycles. The third-order valence-electron chi connectivity index (χ3n) is 3.98. The van der Waals surface area contributed by atoms with Gasteiger partial charge < -0.3 is 4.55 Å². The number of rotatable bonds is 10. The van der Waals surface area contributed by atoms with Crippen LogP contribution in [-0.4, -0.2) is 25.0 Å². The first-order valence-electron chi connectivity index (χ1n) is 8.83. The summed E-state index contributed by atoms with van der Waals surface area (Å²) in [6.07, 6.45) is 19.5. The minimum Gasteiger partial charge on any atom is -0.741 e. The van der Waals surface area contributed by atoms with Crippen molar-refractivity contribution in [2.24, 2.45) is 0 Å². The van der Waals surface area contributed by atoms with Gasteiger partial charge in [-0.2, -0.15) is 13.2 Å². The fourth-order valence-corrected chi connectivity index (χ4v) is 2.45. The standard InChI is InChI=1S/C16H29N.CHF3O3S/c1-3-4-5-6-7-8-9-10-11-14-17-15-12-13-16(17)2;2-1(3,4)8(5,6)7/h12-13,15H,3-11,14H2,1-2H3;(H,5,6,7). The molecular weight excluding hydrogens is 355 g/mol. The summed E-state index contributed by atoms with van der Waals surface area (Å²) < 4.78 is 58.9. The summed E-state index contributed by atoms with van der Waals surface area (Å²) in [5, 5.41) is 0. The lowest BCUT2D eigenvalue weighted by Gasteiger charge is -2.10. The Kier molecular flexibility index (Phi) is 12.1. The molecule has 0 aromatic rings. The maximum atomic E-state index is 10.7. The fourth-order valence-electron chi connectivity index (χ4n) is 2.45. The smallest absolute Gasteiger partial charge is 0.485 e. The van der Waals surface area contributed by atoms with Crippen LogP contribution in [-0.2, 0) is 10.1 Å². The second-order valence-electron chi connectivity index (χ2n) is 6.21. The molecule has 0 aliphatic carbocycles. The number of hydrogen-bond acceptors (Lipinski definition) is 3. The van der Waals surface area contributed by atoms with Gasteiger partial charge >= 0.3 is 5.51 Å². The highest BCUT2D eigenvalue weighted by atomic mass is 32.2. The van der Waals surface area contributed by atoms with Crippen molar-refractivity contribution in [1.82, 2.24) is 0 Å². The Bertz CT molecular complexity index is 514. The van der Waals surface area contributed by atoms with Crippen LogP contribution >= 0.6 is 0 Å². The molecular formula is C17H30F3NO3S. The Morgan fingerprint density at radius 1 is 1.00 bits per heavy atom. The Morgan fingerprint density at radius 2 is 1.44 bits per heavy atom. The number of nitrogens with one attached hydrogen (secondary N) is 1. The van der Waals surface area contributed by atoms with Crippen LogP contribution in [0.15, 0.2) is 24.0 Å². The Morgan fingerprint density at radius 3 is 1.80 bits per heavy atom. The molecule has 1 atom stereocenters. The van der Waals surface area contributed by atoms with Crippen molar-refractivity contribution in [2.45, 2.75) is 77.1 Å². The second kappa shape index (κ2) is 12.5. The van der Waals surface area contributed by atoms with Gasteiger partial charge in [0.25, 0.3) is 0 Å². The normalized spacial score (nSPS) is 17.2. The lowest BCUT2D eigenvalue weighted by molar-refractivity contribution is -0.802. The molecule has 0 aromatic heterocycles. The van der Waals surface area contributed by atoms with Crippen LogP contribution in [0.25, 0.3) is 0 Å². The van der Waals surface area contributed by atoms with Crippen molar-refractivity contribution in [3.63, 3.8) is 0 Å². The van der Waals surface area contributed by atoms with Gasteiger partial charge in [-0.25, -0.2) is 8.42 Å². The second-order valence-corrected chi connectivity index (χ2v) is 7.58. The average Bonchev–Trinajstić information content (AvgIpc) is 2.89. The Hall–Kier alpha value is -0.860. The molecule has 1 heterocycles. The molecule has 148 valence electrons. The van der Waals surface area contributed by atoms with E-state index in [1.165, 1.54) is 70.0 Å². The zero-order valence-corrected chi connectivity index (χ0v) is 15.9. The van der Waals surface area contributed by atoms with E-state index in [0.29, 0.717) is 0 Å². The summed E-state index contributed by atoms with van der Waals surface area (Å²) in [7, 11) is -6.09. The van der Waals surface area contributed by atoms with E-state index >= 15 is 0 Å². The summed E-state index contributed by atoms with van der Waals surface area (Å²) in [5.74, 6) is 0. The topological polar surface area (TPSA) is 61.6 Å². The Labute approximate surface area is 149 Å². The molecule has 1 aliphatic rings. The lowest BCUT2D eigenvalue weighted by Crippen LogP contribution is -3.04. The molecule has 0 saturated carbocycles. The molecule has 0 aromatic carbocycles. The molecule has 8 heteroatoms. The summed E-state index contributed by atoms with van der Waals surface area (Å²) in [5.41, 5.74) is -4.17. The van der Waals surface area contributed by atoms with Crippen molar-refractivity contribution in [1.29, 1.82) is 0 Å². The van der Waals surface area contributed by atoms with Gasteiger partial charge in [0.15, 0.2) is 10.1 Å². The quantitative estimate of drug-likeness (QED) is 0.353. The van der Waals surface area contributed by atoms with E-state index in [2.05, 4.69) is 32.2 Å². The molecule has 1 aliphatic heterocycles. The summed E-state index contributed by atoms with van der Waals surface area (Å²) >= 11 is 0. The molecule has 1 unspecified atom stereocenters. The van der Waals surface area contributed by atoms with Gasteiger partial charge in [0, 0.05) is 6.92 Å². The van der Waals surface area contributed by atoms with Crippen molar-refractivity contribution < 1.29 is 31.0 Å². The van der Waals surface area contributed by atoms with E-state index in [1.807, 2.05) is 0 Å². The van der Waals surface area contributed by atoms with Crippen LogP contribution in [0.5, 0.6) is 0 Å². The highest BCUT2D eigenvalue weighted by Crippen LogP contribution is 2.20. The number of alkyl halides is 3. The fraction of sp³-hybridized carbons (Fsp3) is 0.765. The third kappa shape index (κ3) is 12.2. The van der Waals surface area contributed by atoms with E-state index in [1.54, 1.807) is 4.90 Å². The zero-order valence-electron chi connectivity index (χ0n) is 15.1. The minimum atomic E-state index is -6.09. The molecule has 4 nitrogen and oxygen atoms in total. The van der Waals surface area contributed by atoms with E-state index in [9.17, 15) is 13.2 Å². The first kappa shape index (κ1) is 24.1. The molecule has 0 spiro atoms. The van der Waals surface area contributed by atoms with Crippen LogP contribution in [0.4, 0.5) is 13.2 Å². The minimum absolute atomic E-state index is 1.29. The molecule has 0 radical (unpaired) electrons. The van der Waals surface area contributed by atoms with E-state index in [-0.39, 0.29) is 0 Å². The number of halogens is 3. The predicted molar refractivity (Wildman–Crippen MR) is 91.7 cm³/mol. The highest BCUT2D eigenvalue weighted by molar-refractivity contribution is 7.86. The highest BCUT2D eigenvalue weighted by Gasteiger charge is 2.36. The van der Waals surface area contributed by atoms with Gasteiger partial charge in [-0.1, -0.05) is 51.9 Å². The number of hydrogen-bond donors (Lipinski definition) is 1. The first-order valence-corrected chi connectivity index (χ1v) is 10.2. The maximum Gasteiger partial charge on any atom is 0.485 e. The largest absolute Gasteiger partial charge is 0.741 e. The zero-order chi connectivity index (χ0) is 19.3. The van der Waals surface area contributed by atoms with Crippen LogP contribution in [0.1, 0.15) is 71.6 Å². The van der Waals surface area contributed by atoms with Gasteiger partial charge in [0.1, 0.15) is 5.70 Å². The van der Waals surface area contributed by atoms with Crippen molar-refractivity contribution >= 4 is 10.1 Å². The average molecular weight is 385 g/mol. The SMILES string of the molecule is CCCCCCCCCCC[NH+]1C=CC=C1C.O=S(=O)([O-])C(F)(F)F. The van der Waals surface area contributed by atoms with Gasteiger partial charge in [-0.15, -0.1) is 0 Å². The summed E-state index contributed by atoms with van der Waals surface area (Å²) in [6.45, 7) is 5.79. The van der Waals surface area contributed by atoms with Gasteiger partial charge in [-0.3, -0.25) is 4.90 Å². The number of quaternary nitrogens is 1. The van der Waals surface area contributed by atoms with E-state index in [4.69, 9.17) is 13.0 Å². The molecule has 25 heavy (non-hydrogen) atoms. The molecule has 0 amide bonds. The molecule has 1 rings (SSSR count). The molecule has 0 bridgehead atoms. The predicted octanol–water partition coefficient (Wildman–Crippen LogP) is 3.88. The molecule has 0 fully saturated rings. The van der Waals surface area contributed by atoms with Crippen LogP contribution in [0.2, 0.25) is 0 Å². The summed E-state index contributed by atoms with van der Waals surface area (Å²) in [6, 6.07) is 0. The van der Waals surface area contributed by atoms with Crippen molar-refractivity contribution in [2.75, 3.05) is 6.54 Å². The monoisotopic (exact) mass is 385 g/mol. The third-order valence-corrected chi connectivity index (χ3v) is 4.55. The van der Waals surface area contributed by atoms with Crippen molar-refractivity contribution in [3.8, 4) is 0 Å². The first-order chi connectivity index (χ1) is 11.6. The van der Waals surface area contributed by atoms with E-state index in [0.717, 1.165) is 0 Å². The lowest BCUT2D eigenvalue weighted by atomic mass is 10.1. The number of allylic oxidation sites excluding steroid dienone is 3. The molecule has 1 N–H and O–H groups in total. The van der Waals surface area contributed by atoms with Crippen LogP contribution < -0.4 is 4.90 Å². The van der Waals surface area contributed by atoms with Gasteiger partial charge in [-0.05, 0) is 25.0 Å². The van der Waals surface area contributed by atoms with Gasteiger partial charge in [0.2, 0.25) is 0 Å². The summed E-state index contributed by atoms with van der Waals surface area (Å²) in [4.78, 5) is 1.56. The van der Waals surface area contributed by atoms with E-state index < -0.39 is 15.6 Å². The maximum absolute atomic E-state index is 10.7. The Balaban J connectivity index is 0.000000609. The van der Waals surface area contributed by atoms with Gasteiger partial charge in [0.05, 0.1) is 12.7 Å². The number of unbranched alkanes of at least 4 members (excludes halogenated alkanes) is 8. The van der Waals surface area contributed by atoms with Crippen LogP contribution in [0, 0.1) is 0 Å².